The van der Waals surface area contributed by atoms with Crippen molar-refractivity contribution in [2.24, 2.45) is 0 Å². The first-order valence-electron chi connectivity index (χ1n) is 4.62. The van der Waals surface area contributed by atoms with Crippen molar-refractivity contribution in [2.45, 2.75) is 13.3 Å². The number of anilines is 1. The van der Waals surface area contributed by atoms with Gasteiger partial charge in [0.05, 0.1) is 6.26 Å². The average Bonchev–Trinajstić information content (AvgIpc) is 2.51. The number of nitrogens with two attached hydrogens (primary N) is 1. The summed E-state index contributed by atoms with van der Waals surface area (Å²) in [5, 5.41) is 0. The minimum absolute atomic E-state index is 0.797. The monoisotopic (exact) mass is 187 g/mol. The molecule has 0 aliphatic heterocycles. The van der Waals surface area contributed by atoms with E-state index in [9.17, 15) is 0 Å². The van der Waals surface area contributed by atoms with Gasteiger partial charge in [0, 0.05) is 12.1 Å². The Kier molecular flexibility index (Phi) is 2.27. The van der Waals surface area contributed by atoms with E-state index >= 15 is 0 Å². The van der Waals surface area contributed by atoms with Crippen LogP contribution in [0.15, 0.2) is 41.0 Å². The lowest BCUT2D eigenvalue weighted by molar-refractivity contribution is 0.519. The van der Waals surface area contributed by atoms with E-state index in [-0.39, 0.29) is 0 Å². The van der Waals surface area contributed by atoms with Crippen molar-refractivity contribution in [1.82, 2.24) is 0 Å². The fourth-order valence-electron chi connectivity index (χ4n) is 1.49. The number of furan rings is 1. The van der Waals surface area contributed by atoms with E-state index in [1.165, 1.54) is 5.56 Å². The molecule has 0 amide bonds. The third-order valence-corrected chi connectivity index (χ3v) is 2.11. The zero-order valence-corrected chi connectivity index (χ0v) is 8.16. The Morgan fingerprint density at radius 3 is 2.79 bits per heavy atom. The summed E-state index contributed by atoms with van der Waals surface area (Å²) in [7, 11) is 0. The summed E-state index contributed by atoms with van der Waals surface area (Å²) >= 11 is 0. The Morgan fingerprint density at radius 1 is 1.29 bits per heavy atom. The molecule has 0 atom stereocenters. The molecule has 14 heavy (non-hydrogen) atoms. The Hall–Kier alpha value is -1.70. The molecule has 2 N–H and O–H groups in total. The second-order valence-corrected chi connectivity index (χ2v) is 3.51. The van der Waals surface area contributed by atoms with Gasteiger partial charge in [0.1, 0.15) is 5.76 Å². The molecule has 2 aromatic rings. The van der Waals surface area contributed by atoms with Crippen LogP contribution >= 0.6 is 0 Å². The standard InChI is InChI=1S/C12H13NO/c1-9-5-12(14-8-9)7-10-3-2-4-11(13)6-10/h2-6,8H,7,13H2,1H3. The Morgan fingerprint density at radius 2 is 2.14 bits per heavy atom. The molecule has 0 bridgehead atoms. The highest BCUT2D eigenvalue weighted by Gasteiger charge is 2.00. The van der Waals surface area contributed by atoms with Crippen LogP contribution < -0.4 is 5.73 Å². The maximum atomic E-state index is 5.69. The van der Waals surface area contributed by atoms with Crippen LogP contribution in [0, 0.1) is 6.92 Å². The minimum atomic E-state index is 0.797. The molecule has 1 aromatic heterocycles. The van der Waals surface area contributed by atoms with Crippen LogP contribution in [0.3, 0.4) is 0 Å². The fourth-order valence-corrected chi connectivity index (χ4v) is 1.49. The number of nitrogen functional groups attached to an aromatic ring is 1. The largest absolute Gasteiger partial charge is 0.469 e. The maximum absolute atomic E-state index is 5.69. The van der Waals surface area contributed by atoms with Gasteiger partial charge >= 0.3 is 0 Å². The van der Waals surface area contributed by atoms with E-state index in [4.69, 9.17) is 10.2 Å². The molecule has 0 aliphatic carbocycles. The third kappa shape index (κ3) is 1.96. The van der Waals surface area contributed by atoms with Gasteiger partial charge in [-0.3, -0.25) is 0 Å². The van der Waals surface area contributed by atoms with E-state index in [0.29, 0.717) is 0 Å². The van der Waals surface area contributed by atoms with Crippen LogP contribution in [-0.4, -0.2) is 0 Å². The first-order chi connectivity index (χ1) is 6.74. The van der Waals surface area contributed by atoms with Gasteiger partial charge in [0.25, 0.3) is 0 Å². The zero-order valence-electron chi connectivity index (χ0n) is 8.16. The number of benzene rings is 1. The summed E-state index contributed by atoms with van der Waals surface area (Å²) in [5.41, 5.74) is 8.82. The molecule has 2 rings (SSSR count). The van der Waals surface area contributed by atoms with Crippen molar-refractivity contribution in [3.05, 3.63) is 53.5 Å². The highest BCUT2D eigenvalue weighted by Crippen LogP contribution is 2.14. The summed E-state index contributed by atoms with van der Waals surface area (Å²) in [4.78, 5) is 0. The van der Waals surface area contributed by atoms with Gasteiger partial charge in [0.15, 0.2) is 0 Å². The lowest BCUT2D eigenvalue weighted by Gasteiger charge is -1.99. The Labute approximate surface area is 83.4 Å². The summed E-state index contributed by atoms with van der Waals surface area (Å²) < 4.78 is 5.37. The molecule has 0 radical (unpaired) electrons. The second kappa shape index (κ2) is 3.58. The predicted octanol–water partition coefficient (Wildman–Crippen LogP) is 2.76. The van der Waals surface area contributed by atoms with Crippen molar-refractivity contribution < 1.29 is 4.42 Å². The molecule has 0 spiro atoms. The molecule has 2 heteroatoms. The summed E-state index contributed by atoms with van der Waals surface area (Å²) in [6.45, 7) is 2.02. The van der Waals surface area contributed by atoms with E-state index in [2.05, 4.69) is 0 Å². The smallest absolute Gasteiger partial charge is 0.108 e. The molecule has 0 unspecified atom stereocenters. The number of hydrogen-bond donors (Lipinski definition) is 1. The van der Waals surface area contributed by atoms with Gasteiger partial charge < -0.3 is 10.2 Å². The van der Waals surface area contributed by atoms with Gasteiger partial charge in [-0.25, -0.2) is 0 Å². The van der Waals surface area contributed by atoms with Crippen molar-refractivity contribution in [3.63, 3.8) is 0 Å². The quantitative estimate of drug-likeness (QED) is 0.734. The molecule has 0 saturated heterocycles. The van der Waals surface area contributed by atoms with E-state index in [1.807, 2.05) is 37.3 Å². The van der Waals surface area contributed by atoms with E-state index in [1.54, 1.807) is 6.26 Å². The SMILES string of the molecule is Cc1coc(Cc2cccc(N)c2)c1. The lowest BCUT2D eigenvalue weighted by Crippen LogP contribution is -1.89. The number of aryl methyl sites for hydroxylation is 1. The minimum Gasteiger partial charge on any atom is -0.469 e. The molecule has 1 heterocycles. The van der Waals surface area contributed by atoms with Crippen LogP contribution in [0.4, 0.5) is 5.69 Å². The third-order valence-electron chi connectivity index (χ3n) is 2.11. The fraction of sp³-hybridized carbons (Fsp3) is 0.167. The van der Waals surface area contributed by atoms with Crippen LogP contribution in [-0.2, 0) is 6.42 Å². The second-order valence-electron chi connectivity index (χ2n) is 3.51. The average molecular weight is 187 g/mol. The highest BCUT2D eigenvalue weighted by atomic mass is 16.3. The molecule has 72 valence electrons. The van der Waals surface area contributed by atoms with Crippen LogP contribution in [0.1, 0.15) is 16.9 Å². The molecular formula is C12H13NO. The topological polar surface area (TPSA) is 39.2 Å². The predicted molar refractivity (Wildman–Crippen MR) is 57.1 cm³/mol. The highest BCUT2D eigenvalue weighted by molar-refractivity contribution is 5.41. The molecule has 0 fully saturated rings. The van der Waals surface area contributed by atoms with E-state index < -0.39 is 0 Å². The summed E-state index contributed by atoms with van der Waals surface area (Å²) in [5.74, 6) is 0.980. The van der Waals surface area contributed by atoms with Gasteiger partial charge in [-0.15, -0.1) is 0 Å². The Balaban J connectivity index is 2.18. The molecule has 2 nitrogen and oxygen atoms in total. The number of rotatable bonds is 2. The first kappa shape index (κ1) is 8.88. The van der Waals surface area contributed by atoms with Crippen LogP contribution in [0.2, 0.25) is 0 Å². The van der Waals surface area contributed by atoms with Gasteiger partial charge in [-0.2, -0.15) is 0 Å². The van der Waals surface area contributed by atoms with Crippen molar-refractivity contribution in [2.75, 3.05) is 5.73 Å². The van der Waals surface area contributed by atoms with E-state index in [0.717, 1.165) is 23.4 Å². The van der Waals surface area contributed by atoms with Crippen molar-refractivity contribution in [1.29, 1.82) is 0 Å². The molecular weight excluding hydrogens is 174 g/mol. The van der Waals surface area contributed by atoms with Crippen LogP contribution in [0.25, 0.3) is 0 Å². The zero-order chi connectivity index (χ0) is 9.97. The summed E-state index contributed by atoms with van der Waals surface area (Å²) in [6.07, 6.45) is 2.57. The summed E-state index contributed by atoms with van der Waals surface area (Å²) in [6, 6.07) is 9.91. The maximum Gasteiger partial charge on any atom is 0.108 e. The number of hydrogen-bond acceptors (Lipinski definition) is 2. The van der Waals surface area contributed by atoms with Gasteiger partial charge in [-0.1, -0.05) is 12.1 Å². The first-order valence-corrected chi connectivity index (χ1v) is 4.62. The van der Waals surface area contributed by atoms with Gasteiger partial charge in [-0.05, 0) is 36.2 Å². The Bertz CT molecular complexity index is 431. The lowest BCUT2D eigenvalue weighted by atomic mass is 10.1. The van der Waals surface area contributed by atoms with Crippen LogP contribution in [0.5, 0.6) is 0 Å². The molecule has 1 aromatic carbocycles. The van der Waals surface area contributed by atoms with Crippen molar-refractivity contribution in [3.8, 4) is 0 Å². The molecule has 0 saturated carbocycles. The normalized spacial score (nSPS) is 10.4. The van der Waals surface area contributed by atoms with Crippen molar-refractivity contribution >= 4 is 5.69 Å². The van der Waals surface area contributed by atoms with Gasteiger partial charge in [0.2, 0.25) is 0 Å². The molecule has 0 aliphatic rings.